The van der Waals surface area contributed by atoms with Gasteiger partial charge < -0.3 is 15.4 Å². The van der Waals surface area contributed by atoms with Crippen molar-refractivity contribution in [1.82, 2.24) is 5.32 Å². The zero-order valence-electron chi connectivity index (χ0n) is 15.0. The van der Waals surface area contributed by atoms with Crippen molar-refractivity contribution in [2.24, 2.45) is 0 Å². The van der Waals surface area contributed by atoms with E-state index in [0.717, 1.165) is 5.56 Å². The molecule has 0 heterocycles. The first-order valence-corrected chi connectivity index (χ1v) is 8.32. The summed E-state index contributed by atoms with van der Waals surface area (Å²) in [4.78, 5) is 24.1. The lowest BCUT2D eigenvalue weighted by Gasteiger charge is -2.10. The molecule has 0 fully saturated rings. The minimum atomic E-state index is -2.95. The molecule has 0 spiro atoms. The van der Waals surface area contributed by atoms with Gasteiger partial charge in [-0.1, -0.05) is 24.3 Å². The fraction of sp³-hybridized carbons (Fsp3) is 0.200. The molecule has 2 aromatic rings. The fourth-order valence-electron chi connectivity index (χ4n) is 2.32. The van der Waals surface area contributed by atoms with Gasteiger partial charge in [-0.2, -0.15) is 8.78 Å². The molecule has 5 nitrogen and oxygen atoms in total. The first kappa shape index (κ1) is 20.1. The van der Waals surface area contributed by atoms with Crippen LogP contribution in [0.5, 0.6) is 5.75 Å². The smallest absolute Gasteiger partial charge is 0.387 e. The van der Waals surface area contributed by atoms with E-state index in [1.54, 1.807) is 43.3 Å². The van der Waals surface area contributed by atoms with Crippen LogP contribution < -0.4 is 15.4 Å². The fourth-order valence-corrected chi connectivity index (χ4v) is 2.32. The van der Waals surface area contributed by atoms with Crippen LogP contribution in [0.3, 0.4) is 0 Å². The minimum absolute atomic E-state index is 0.0223. The van der Waals surface area contributed by atoms with Crippen LogP contribution in [0.4, 0.5) is 14.5 Å². The van der Waals surface area contributed by atoms with Gasteiger partial charge in [0.25, 0.3) is 5.91 Å². The second-order valence-electron chi connectivity index (χ2n) is 5.63. The first-order chi connectivity index (χ1) is 12.9. The molecule has 7 heteroatoms. The zero-order chi connectivity index (χ0) is 19.8. The number of nitrogens with one attached hydrogen (secondary N) is 2. The molecule has 0 atom stereocenters. The molecule has 0 bridgehead atoms. The Bertz CT molecular complexity index is 851. The van der Waals surface area contributed by atoms with Crippen molar-refractivity contribution in [2.45, 2.75) is 20.5 Å². The third kappa shape index (κ3) is 5.91. The van der Waals surface area contributed by atoms with Gasteiger partial charge in [-0.05, 0) is 43.7 Å². The molecular formula is C20H20F2N2O3. The lowest BCUT2D eigenvalue weighted by atomic mass is 10.1. The first-order valence-electron chi connectivity index (χ1n) is 8.32. The summed E-state index contributed by atoms with van der Waals surface area (Å²) in [5, 5.41) is 5.37. The standard InChI is InChI=1S/C20H20F2N2O3/c1-3-23-19(26)15-9-8-13(2)16(12-15)24-18(25)11-10-14-6-4-5-7-17(14)27-20(21)22/h4-12,20H,3H2,1-2H3,(H,23,26)(H,24,25)/b11-10+. The maximum atomic E-state index is 12.4. The van der Waals surface area contributed by atoms with Gasteiger partial charge in [0.05, 0.1) is 0 Å². The predicted molar refractivity (Wildman–Crippen MR) is 99.9 cm³/mol. The number of carbonyl (C=O) groups is 2. The molecule has 0 aliphatic heterocycles. The van der Waals surface area contributed by atoms with Gasteiger partial charge in [-0.3, -0.25) is 9.59 Å². The second-order valence-corrected chi connectivity index (χ2v) is 5.63. The number of carbonyl (C=O) groups excluding carboxylic acids is 2. The number of ether oxygens (including phenoxy) is 1. The Morgan fingerprint density at radius 1 is 1.19 bits per heavy atom. The van der Waals surface area contributed by atoms with E-state index in [0.29, 0.717) is 23.4 Å². The van der Waals surface area contributed by atoms with Crippen LogP contribution >= 0.6 is 0 Å². The lowest BCUT2D eigenvalue weighted by Crippen LogP contribution is -2.23. The van der Waals surface area contributed by atoms with Crippen LogP contribution in [0.25, 0.3) is 6.08 Å². The summed E-state index contributed by atoms with van der Waals surface area (Å²) >= 11 is 0. The number of benzene rings is 2. The highest BCUT2D eigenvalue weighted by atomic mass is 19.3. The van der Waals surface area contributed by atoms with Crippen LogP contribution in [-0.2, 0) is 4.79 Å². The molecule has 0 aliphatic carbocycles. The monoisotopic (exact) mass is 374 g/mol. The molecule has 0 saturated heterocycles. The van der Waals surface area contributed by atoms with Gasteiger partial charge in [0.2, 0.25) is 5.91 Å². The maximum absolute atomic E-state index is 12.4. The molecular weight excluding hydrogens is 354 g/mol. The van der Waals surface area contributed by atoms with Crippen molar-refractivity contribution in [3.63, 3.8) is 0 Å². The van der Waals surface area contributed by atoms with Crippen LogP contribution in [0.2, 0.25) is 0 Å². The van der Waals surface area contributed by atoms with E-state index < -0.39 is 12.5 Å². The van der Waals surface area contributed by atoms with Crippen LogP contribution in [0, 0.1) is 6.92 Å². The van der Waals surface area contributed by atoms with Crippen molar-refractivity contribution >= 4 is 23.6 Å². The molecule has 142 valence electrons. The summed E-state index contributed by atoms with van der Waals surface area (Å²) in [6.07, 6.45) is 2.60. The van der Waals surface area contributed by atoms with Crippen LogP contribution in [-0.4, -0.2) is 25.0 Å². The highest BCUT2D eigenvalue weighted by Gasteiger charge is 2.10. The van der Waals surface area contributed by atoms with E-state index in [2.05, 4.69) is 15.4 Å². The zero-order valence-corrected chi connectivity index (χ0v) is 15.0. The number of aryl methyl sites for hydroxylation is 1. The van der Waals surface area contributed by atoms with E-state index in [-0.39, 0.29) is 11.7 Å². The highest BCUT2D eigenvalue weighted by Crippen LogP contribution is 2.22. The van der Waals surface area contributed by atoms with Crippen molar-refractivity contribution in [3.05, 3.63) is 65.2 Å². The van der Waals surface area contributed by atoms with E-state index in [9.17, 15) is 18.4 Å². The summed E-state index contributed by atoms with van der Waals surface area (Å²) in [6.45, 7) is 1.16. The molecule has 0 saturated carbocycles. The largest absolute Gasteiger partial charge is 0.434 e. The molecule has 0 unspecified atom stereocenters. The Labute approximate surface area is 156 Å². The highest BCUT2D eigenvalue weighted by molar-refractivity contribution is 6.03. The van der Waals surface area contributed by atoms with E-state index >= 15 is 0 Å². The number of halogens is 2. The third-order valence-electron chi connectivity index (χ3n) is 3.64. The average Bonchev–Trinajstić information content (AvgIpc) is 2.62. The van der Waals surface area contributed by atoms with E-state index in [1.807, 2.05) is 6.92 Å². The molecule has 0 aliphatic rings. The van der Waals surface area contributed by atoms with Gasteiger partial charge in [0.15, 0.2) is 0 Å². The topological polar surface area (TPSA) is 67.4 Å². The van der Waals surface area contributed by atoms with Gasteiger partial charge in [0.1, 0.15) is 5.75 Å². The van der Waals surface area contributed by atoms with Gasteiger partial charge in [0, 0.05) is 29.4 Å². The summed E-state index contributed by atoms with van der Waals surface area (Å²) in [5.74, 6) is -0.717. The summed E-state index contributed by atoms with van der Waals surface area (Å²) in [6, 6.07) is 11.1. The Kier molecular flexibility index (Phi) is 7.05. The second kappa shape index (κ2) is 9.47. The van der Waals surface area contributed by atoms with Crippen molar-refractivity contribution in [3.8, 4) is 5.75 Å². The molecule has 2 amide bonds. The summed E-state index contributed by atoms with van der Waals surface area (Å²) in [7, 11) is 0. The molecule has 27 heavy (non-hydrogen) atoms. The normalized spacial score (nSPS) is 10.9. The van der Waals surface area contributed by atoms with E-state index in [1.165, 1.54) is 18.2 Å². The summed E-state index contributed by atoms with van der Waals surface area (Å²) < 4.78 is 29.3. The Hall–Kier alpha value is -3.22. The third-order valence-corrected chi connectivity index (χ3v) is 3.64. The lowest BCUT2D eigenvalue weighted by molar-refractivity contribution is -0.111. The molecule has 2 aromatic carbocycles. The minimum Gasteiger partial charge on any atom is -0.434 e. The number of hydrogen-bond acceptors (Lipinski definition) is 3. The van der Waals surface area contributed by atoms with Crippen molar-refractivity contribution in [1.29, 1.82) is 0 Å². The number of para-hydroxylation sites is 1. The summed E-state index contributed by atoms with van der Waals surface area (Å²) in [5.41, 5.74) is 2.05. The average molecular weight is 374 g/mol. The van der Waals surface area contributed by atoms with E-state index in [4.69, 9.17) is 0 Å². The van der Waals surface area contributed by atoms with Gasteiger partial charge in [-0.15, -0.1) is 0 Å². The van der Waals surface area contributed by atoms with Crippen LogP contribution in [0.1, 0.15) is 28.4 Å². The number of hydrogen-bond donors (Lipinski definition) is 2. The molecule has 0 radical (unpaired) electrons. The van der Waals surface area contributed by atoms with Gasteiger partial charge in [-0.25, -0.2) is 0 Å². The number of rotatable bonds is 7. The molecule has 0 aromatic heterocycles. The van der Waals surface area contributed by atoms with Crippen molar-refractivity contribution in [2.75, 3.05) is 11.9 Å². The quantitative estimate of drug-likeness (QED) is 0.720. The Morgan fingerprint density at radius 2 is 1.93 bits per heavy atom. The van der Waals surface area contributed by atoms with Gasteiger partial charge >= 0.3 is 6.61 Å². The van der Waals surface area contributed by atoms with Crippen LogP contribution in [0.15, 0.2) is 48.5 Å². The maximum Gasteiger partial charge on any atom is 0.387 e. The number of alkyl halides is 2. The molecule has 2 rings (SSSR count). The molecule has 2 N–H and O–H groups in total. The van der Waals surface area contributed by atoms with Crippen molar-refractivity contribution < 1.29 is 23.1 Å². The Balaban J connectivity index is 2.13. The Morgan fingerprint density at radius 3 is 2.63 bits per heavy atom. The number of amides is 2. The number of anilines is 1. The SMILES string of the molecule is CCNC(=O)c1ccc(C)c(NC(=O)/C=C/c2ccccc2OC(F)F)c1. The predicted octanol–water partition coefficient (Wildman–Crippen LogP) is 4.00.